The van der Waals surface area contributed by atoms with Crippen LogP contribution < -0.4 is 5.73 Å². The van der Waals surface area contributed by atoms with Crippen molar-refractivity contribution in [1.82, 2.24) is 0 Å². The number of aliphatic carboxylic acids is 1. The zero-order valence-corrected chi connectivity index (χ0v) is 26.4. The van der Waals surface area contributed by atoms with Crippen molar-refractivity contribution in [3.8, 4) is 0 Å². The number of epoxide rings is 1. The minimum absolute atomic E-state index is 0.0789. The standard InChI is InChI=1S/C33H47NO13/c1-18-10-8-6-4-3-5-7-9-11-21(45-32-30(39)28(34)29(38)19(2)44-32)15-25-27(31(40)41)22(36)17-33(42,47-25)16-20(35)14-24-23(46-24)12-13-26(37)43-18/h3-9,11-13,18-25,27-30,32,35-36,38-39,42H,10,14-17,34H2,1-2H3,(H,40,41)/b4-3+,7-5+,8-6+,11-9+,13-12+/t18-,19-,20+,21+,22+,23-,24-,25+,27-,28+,29-,30+,32+,33+/m1/s1. The highest BCUT2D eigenvalue weighted by Crippen LogP contribution is 2.39. The van der Waals surface area contributed by atoms with Gasteiger partial charge in [-0.3, -0.25) is 4.79 Å². The highest BCUT2D eigenvalue weighted by Gasteiger charge is 2.51. The fourth-order valence-corrected chi connectivity index (χ4v) is 6.00. The van der Waals surface area contributed by atoms with Crippen molar-refractivity contribution < 1.29 is 63.9 Å². The minimum Gasteiger partial charge on any atom is -0.481 e. The summed E-state index contributed by atoms with van der Waals surface area (Å²) < 4.78 is 28.5. The summed E-state index contributed by atoms with van der Waals surface area (Å²) in [7, 11) is 0. The molecule has 4 rings (SSSR count). The van der Waals surface area contributed by atoms with Gasteiger partial charge in [-0.2, -0.15) is 0 Å². The van der Waals surface area contributed by atoms with E-state index in [1.165, 1.54) is 12.2 Å². The molecule has 0 radical (unpaired) electrons. The van der Waals surface area contributed by atoms with E-state index in [0.717, 1.165) is 0 Å². The maximum absolute atomic E-state index is 12.3. The number of esters is 1. The zero-order valence-electron chi connectivity index (χ0n) is 26.4. The van der Waals surface area contributed by atoms with Gasteiger partial charge in [0, 0.05) is 38.2 Å². The van der Waals surface area contributed by atoms with Crippen LogP contribution in [-0.4, -0.2) is 122 Å². The van der Waals surface area contributed by atoms with Gasteiger partial charge in [0.15, 0.2) is 12.1 Å². The zero-order chi connectivity index (χ0) is 34.3. The van der Waals surface area contributed by atoms with Crippen molar-refractivity contribution >= 4 is 11.9 Å². The van der Waals surface area contributed by atoms with Gasteiger partial charge in [-0.1, -0.05) is 48.6 Å². The quantitative estimate of drug-likeness (QED) is 0.157. The van der Waals surface area contributed by atoms with Crippen molar-refractivity contribution in [3.63, 3.8) is 0 Å². The molecule has 0 spiro atoms. The number of aliphatic hydroxyl groups excluding tert-OH is 4. The second-order valence-electron chi connectivity index (χ2n) is 12.6. The Kier molecular flexibility index (Phi) is 13.1. The molecule has 0 amide bonds. The molecular formula is C33H47NO13. The monoisotopic (exact) mass is 665 g/mol. The Bertz CT molecular complexity index is 1220. The Morgan fingerprint density at radius 3 is 2.36 bits per heavy atom. The number of carbonyl (C=O) groups is 2. The van der Waals surface area contributed by atoms with Gasteiger partial charge in [0.2, 0.25) is 0 Å². The molecule has 0 saturated carbocycles. The minimum atomic E-state index is -2.10. The number of carbonyl (C=O) groups excluding carboxylic acids is 1. The molecule has 0 aliphatic carbocycles. The SMILES string of the molecule is C[C@@H]1C/C=C/C=C/C=C/C=C/[C@H](O[C@@H]2O[C@H](C)[C@@H](O)[C@H](N)[C@@H]2O)C[C@@H]2O[C@@](O)(C[C@@H](O)C[C@H]3O[C@@H]3/C=C/C(=O)O1)C[C@H](O)[C@H]2C(=O)O. The highest BCUT2D eigenvalue weighted by atomic mass is 16.7. The van der Waals surface area contributed by atoms with Crippen LogP contribution in [0.5, 0.6) is 0 Å². The molecule has 14 heteroatoms. The van der Waals surface area contributed by atoms with Gasteiger partial charge in [0.1, 0.15) is 24.2 Å². The normalized spacial score (nSPS) is 47.2. The molecule has 262 valence electrons. The second kappa shape index (κ2) is 16.6. The van der Waals surface area contributed by atoms with Gasteiger partial charge in [-0.25, -0.2) is 4.79 Å². The number of allylic oxidation sites excluding steroid dienone is 6. The number of aliphatic hydroxyl groups is 5. The first-order valence-corrected chi connectivity index (χ1v) is 15.9. The molecule has 4 aliphatic heterocycles. The number of ether oxygens (including phenoxy) is 5. The summed E-state index contributed by atoms with van der Waals surface area (Å²) in [5.74, 6) is -5.45. The topological polar surface area (TPSA) is 231 Å². The van der Waals surface area contributed by atoms with E-state index in [-0.39, 0.29) is 25.4 Å². The highest BCUT2D eigenvalue weighted by molar-refractivity contribution is 5.82. The van der Waals surface area contributed by atoms with Crippen molar-refractivity contribution in [2.24, 2.45) is 11.7 Å². The molecule has 4 heterocycles. The Balaban J connectivity index is 1.58. The van der Waals surface area contributed by atoms with E-state index in [2.05, 4.69) is 0 Å². The van der Waals surface area contributed by atoms with Crippen LogP contribution in [0.1, 0.15) is 46.0 Å². The molecule has 14 atom stereocenters. The number of cyclic esters (lactones) is 1. The molecule has 0 aromatic heterocycles. The van der Waals surface area contributed by atoms with E-state index < -0.39 is 97.3 Å². The fourth-order valence-electron chi connectivity index (χ4n) is 6.00. The van der Waals surface area contributed by atoms with E-state index in [0.29, 0.717) is 6.42 Å². The number of hydrogen-bond donors (Lipinski definition) is 7. The molecule has 14 nitrogen and oxygen atoms in total. The Hall–Kier alpha value is -2.76. The van der Waals surface area contributed by atoms with Crippen molar-refractivity contribution in [2.45, 2.75) is 125 Å². The van der Waals surface area contributed by atoms with Crippen LogP contribution in [0.4, 0.5) is 0 Å². The molecular weight excluding hydrogens is 618 g/mol. The summed E-state index contributed by atoms with van der Waals surface area (Å²) in [4.78, 5) is 24.4. The lowest BCUT2D eigenvalue weighted by atomic mass is 9.83. The molecule has 3 saturated heterocycles. The summed E-state index contributed by atoms with van der Waals surface area (Å²) >= 11 is 0. The van der Waals surface area contributed by atoms with Crippen LogP contribution in [0.25, 0.3) is 0 Å². The second-order valence-corrected chi connectivity index (χ2v) is 12.6. The van der Waals surface area contributed by atoms with Gasteiger partial charge in [0.25, 0.3) is 0 Å². The van der Waals surface area contributed by atoms with Crippen LogP contribution in [0, 0.1) is 5.92 Å². The third-order valence-electron chi connectivity index (χ3n) is 8.58. The summed E-state index contributed by atoms with van der Waals surface area (Å²) in [5, 5.41) is 63.9. The van der Waals surface area contributed by atoms with Gasteiger partial charge in [-0.15, -0.1) is 0 Å². The Morgan fingerprint density at radius 2 is 1.64 bits per heavy atom. The third kappa shape index (κ3) is 10.6. The Labute approximate surface area is 273 Å². The first-order chi connectivity index (χ1) is 22.3. The smallest absolute Gasteiger partial charge is 0.330 e. The van der Waals surface area contributed by atoms with E-state index >= 15 is 0 Å². The molecule has 0 unspecified atom stereocenters. The van der Waals surface area contributed by atoms with Crippen molar-refractivity contribution in [1.29, 1.82) is 0 Å². The lowest BCUT2D eigenvalue weighted by molar-refractivity contribution is -0.308. The number of carboxylic acids is 1. The van der Waals surface area contributed by atoms with Gasteiger partial charge >= 0.3 is 11.9 Å². The number of nitrogens with two attached hydrogens (primary N) is 1. The van der Waals surface area contributed by atoms with E-state index in [4.69, 9.17) is 29.4 Å². The average molecular weight is 666 g/mol. The van der Waals surface area contributed by atoms with Gasteiger partial charge in [-0.05, 0) is 19.9 Å². The first-order valence-electron chi connectivity index (χ1n) is 15.9. The van der Waals surface area contributed by atoms with Crippen molar-refractivity contribution in [3.05, 3.63) is 60.8 Å². The predicted octanol–water partition coefficient (Wildman–Crippen LogP) is 0.120. The van der Waals surface area contributed by atoms with E-state index in [1.807, 2.05) is 6.08 Å². The fraction of sp³-hybridized carbons (Fsp3) is 0.636. The maximum atomic E-state index is 12.3. The maximum Gasteiger partial charge on any atom is 0.330 e. The van der Waals surface area contributed by atoms with Gasteiger partial charge < -0.3 is 60.1 Å². The van der Waals surface area contributed by atoms with E-state index in [9.17, 15) is 40.2 Å². The summed E-state index contributed by atoms with van der Waals surface area (Å²) in [6.07, 6.45) is 5.25. The number of carboxylic acid groups (broad SMARTS) is 1. The largest absolute Gasteiger partial charge is 0.481 e. The summed E-state index contributed by atoms with van der Waals surface area (Å²) in [6, 6.07) is -1.08. The van der Waals surface area contributed by atoms with Crippen LogP contribution in [-0.2, 0) is 33.3 Å². The van der Waals surface area contributed by atoms with Gasteiger partial charge in [0.05, 0.1) is 48.8 Å². The number of rotatable bonds is 3. The lowest BCUT2D eigenvalue weighted by Gasteiger charge is -2.45. The third-order valence-corrected chi connectivity index (χ3v) is 8.58. The summed E-state index contributed by atoms with van der Waals surface area (Å²) in [5.41, 5.74) is 5.98. The Morgan fingerprint density at radius 1 is 0.936 bits per heavy atom. The number of hydrogen-bond acceptors (Lipinski definition) is 13. The molecule has 0 aromatic rings. The summed E-state index contributed by atoms with van der Waals surface area (Å²) in [6.45, 7) is 3.34. The van der Waals surface area contributed by atoms with Crippen molar-refractivity contribution in [2.75, 3.05) is 0 Å². The van der Waals surface area contributed by atoms with E-state index in [1.54, 1.807) is 56.4 Å². The van der Waals surface area contributed by atoms with Crippen LogP contribution >= 0.6 is 0 Å². The molecule has 4 aliphatic rings. The van der Waals surface area contributed by atoms with Crippen LogP contribution in [0.2, 0.25) is 0 Å². The molecule has 47 heavy (non-hydrogen) atoms. The average Bonchev–Trinajstić information content (AvgIpc) is 3.72. The molecule has 8 N–H and O–H groups in total. The van der Waals surface area contributed by atoms with Crippen LogP contribution in [0.15, 0.2) is 60.8 Å². The first kappa shape index (κ1) is 37.1. The molecule has 2 bridgehead atoms. The number of fused-ring (bicyclic) bond motifs is 3. The lowest BCUT2D eigenvalue weighted by Crippen LogP contribution is -2.61. The molecule has 0 aromatic carbocycles. The molecule has 3 fully saturated rings. The van der Waals surface area contributed by atoms with Crippen LogP contribution in [0.3, 0.4) is 0 Å². The predicted molar refractivity (Wildman–Crippen MR) is 165 cm³/mol.